The van der Waals surface area contributed by atoms with E-state index in [1.807, 2.05) is 146 Å². The van der Waals surface area contributed by atoms with Gasteiger partial charge >= 0.3 is 30.3 Å². The fourth-order valence-electron chi connectivity index (χ4n) is 15.1. The summed E-state index contributed by atoms with van der Waals surface area (Å²) in [5.74, 6) is 3.73. The van der Waals surface area contributed by atoms with Crippen molar-refractivity contribution < 1.29 is 22.7 Å². The van der Waals surface area contributed by atoms with Crippen LogP contribution in [-0.4, -0.2) is 50.2 Å². The van der Waals surface area contributed by atoms with Gasteiger partial charge in [0.15, 0.2) is 0 Å². The number of nitrogens with zero attached hydrogens (tertiary/aromatic N) is 4. The lowest BCUT2D eigenvalue weighted by atomic mass is 9.69. The maximum atomic E-state index is 6.70. The van der Waals surface area contributed by atoms with Crippen molar-refractivity contribution in [1.82, 2.24) is 19.9 Å². The summed E-state index contributed by atoms with van der Waals surface area (Å²) in [5, 5.41) is 3.89. The summed E-state index contributed by atoms with van der Waals surface area (Å²) in [6.45, 7) is 9.29. The van der Waals surface area contributed by atoms with Gasteiger partial charge in [-0.3, -0.25) is 19.9 Å². The largest absolute Gasteiger partial charge is 1.20 e. The van der Waals surface area contributed by atoms with Crippen LogP contribution in [0.25, 0.3) is 99.2 Å². The number of fused-ring (bicyclic) bond motifs is 7. The summed E-state index contributed by atoms with van der Waals surface area (Å²) in [4.78, 5) is 18.6. The molecule has 510 valence electrons. The Balaban J connectivity index is 0.710. The number of pyridine rings is 4. The highest BCUT2D eigenvalue weighted by atomic mass is 27.3. The van der Waals surface area contributed by atoms with Crippen molar-refractivity contribution in [3.63, 3.8) is 0 Å². The first kappa shape index (κ1) is 68.5. The molecule has 10 nitrogen and oxygen atoms in total. The first-order valence-corrected chi connectivity index (χ1v) is 39.7. The van der Waals surface area contributed by atoms with Gasteiger partial charge in [0.1, 0.15) is 45.1 Å². The summed E-state index contributed by atoms with van der Waals surface area (Å²) in [6, 6.07) is 84.4. The maximum absolute atomic E-state index is 6.70. The lowest BCUT2D eigenvalue weighted by Gasteiger charge is -2.34. The third kappa shape index (κ3) is 15.3. The number of aromatic nitrogens is 4. The highest BCUT2D eigenvalue weighted by molar-refractivity contribution is 6.40. The van der Waals surface area contributed by atoms with Gasteiger partial charge in [0, 0.05) is 51.7 Å². The third-order valence-corrected chi connectivity index (χ3v) is 23.2. The Labute approximate surface area is 615 Å². The lowest BCUT2D eigenvalue weighted by molar-refractivity contribution is 0.309. The Bertz CT molecular complexity index is 4750. The van der Waals surface area contributed by atoms with Crippen molar-refractivity contribution in [2.24, 2.45) is 0 Å². The average molecular weight is 1380 g/mol. The van der Waals surface area contributed by atoms with Crippen LogP contribution in [0.1, 0.15) is 126 Å². The van der Waals surface area contributed by atoms with Gasteiger partial charge in [0.05, 0.1) is 11.5 Å². The van der Waals surface area contributed by atoms with Crippen LogP contribution in [-0.2, 0) is 5.41 Å². The monoisotopic (exact) mass is 1380 g/mol. The van der Waals surface area contributed by atoms with E-state index < -0.39 is 30.3 Å². The minimum absolute atomic E-state index is 0.0751. The smallest absolute Gasteiger partial charge is 0.577 e. The summed E-state index contributed by atoms with van der Waals surface area (Å²) < 4.78 is 40.1. The van der Waals surface area contributed by atoms with E-state index >= 15 is 0 Å². The van der Waals surface area contributed by atoms with Crippen LogP contribution in [0.2, 0.25) is 0 Å². The second kappa shape index (κ2) is 31.9. The zero-order valence-corrected chi connectivity index (χ0v) is 61.5. The van der Waals surface area contributed by atoms with Crippen LogP contribution < -0.4 is 22.7 Å². The third-order valence-electron chi connectivity index (χ3n) is 20.5. The number of rotatable bonds is 30. The van der Waals surface area contributed by atoms with Crippen molar-refractivity contribution >= 4 is 73.9 Å². The van der Waals surface area contributed by atoms with Gasteiger partial charge in [-0.05, 0) is 190 Å². The molecule has 0 aliphatic heterocycles. The molecule has 15 rings (SSSR count). The van der Waals surface area contributed by atoms with E-state index in [4.69, 9.17) is 22.7 Å². The Morgan fingerprint density at radius 1 is 0.282 bits per heavy atom. The van der Waals surface area contributed by atoms with Gasteiger partial charge in [-0.2, -0.15) is 0 Å². The highest BCUT2D eigenvalue weighted by Crippen LogP contribution is 2.57. The number of hydrogen-bond donors (Lipinski definition) is 0. The summed E-state index contributed by atoms with van der Waals surface area (Å²) in [6.07, 6.45) is 24.7. The number of para-hydroxylation sites is 4. The van der Waals surface area contributed by atoms with E-state index in [-0.39, 0.29) is 5.41 Å². The summed E-state index contributed by atoms with van der Waals surface area (Å²) >= 11 is -5.96. The Morgan fingerprint density at radius 2 is 0.563 bits per heavy atom. The molecule has 0 amide bonds. The van der Waals surface area contributed by atoms with E-state index in [1.165, 1.54) is 133 Å². The number of benzene rings is 10. The fourth-order valence-corrected chi connectivity index (χ4v) is 17.7. The van der Waals surface area contributed by atoms with Gasteiger partial charge in [-0.15, -0.1) is 0 Å². The molecule has 1 aliphatic rings. The Kier molecular flexibility index (Phi) is 21.2. The van der Waals surface area contributed by atoms with E-state index in [1.54, 1.807) is 24.8 Å². The second-order valence-corrected chi connectivity index (χ2v) is 29.9. The van der Waals surface area contributed by atoms with Crippen molar-refractivity contribution in [3.8, 4) is 90.1 Å². The molecule has 103 heavy (non-hydrogen) atoms. The minimum atomic E-state index is -2.98. The second-order valence-electron chi connectivity index (χ2n) is 27.4. The van der Waals surface area contributed by atoms with E-state index in [2.05, 4.69) is 145 Å². The molecule has 0 atom stereocenters. The van der Waals surface area contributed by atoms with Crippen LogP contribution >= 0.6 is 0 Å². The van der Waals surface area contributed by atoms with Gasteiger partial charge in [0.25, 0.3) is 0 Å². The van der Waals surface area contributed by atoms with E-state index in [9.17, 15) is 0 Å². The quantitative estimate of drug-likeness (QED) is 0.0319. The summed E-state index contributed by atoms with van der Waals surface area (Å²) in [5.41, 5.74) is 20.6. The van der Waals surface area contributed by atoms with Crippen LogP contribution in [0.4, 0.5) is 0 Å². The first-order valence-electron chi connectivity index (χ1n) is 36.8. The number of aryl methyl sites for hydroxylation is 2. The van der Waals surface area contributed by atoms with Crippen LogP contribution in [0, 0.1) is 13.8 Å². The molecule has 10 aromatic carbocycles. The Hall–Kier alpha value is -10.3. The molecule has 0 saturated heterocycles. The fraction of sp³-hybridized carbons (Fsp3) is 0.209. The molecule has 0 saturated carbocycles. The molecule has 0 N–H and O–H groups in total. The molecular formula is C91H84Al2N4O6. The molecule has 0 spiro atoms. The molecule has 0 radical (unpaired) electrons. The molecule has 0 fully saturated rings. The van der Waals surface area contributed by atoms with Crippen molar-refractivity contribution in [3.05, 3.63) is 290 Å². The molecular weight excluding hydrogens is 1300 g/mol. The van der Waals surface area contributed by atoms with Crippen LogP contribution in [0.5, 0.6) is 34.5 Å². The predicted molar refractivity (Wildman–Crippen MR) is 422 cm³/mol. The van der Waals surface area contributed by atoms with Gasteiger partial charge in [-0.1, -0.05) is 249 Å². The highest BCUT2D eigenvalue weighted by Gasteiger charge is 2.47. The van der Waals surface area contributed by atoms with Crippen molar-refractivity contribution in [2.45, 2.75) is 123 Å². The lowest BCUT2D eigenvalue weighted by Crippen LogP contribution is -2.37. The maximum Gasteiger partial charge on any atom is 1.20 e. The molecule has 4 aromatic heterocycles. The van der Waals surface area contributed by atoms with E-state index in [0.29, 0.717) is 34.5 Å². The molecule has 0 unspecified atom stereocenters. The van der Waals surface area contributed by atoms with Crippen LogP contribution in [0.15, 0.2) is 267 Å². The van der Waals surface area contributed by atoms with Gasteiger partial charge < -0.3 is 22.7 Å². The zero-order valence-electron chi connectivity index (χ0n) is 59.2. The van der Waals surface area contributed by atoms with Crippen LogP contribution in [0.3, 0.4) is 0 Å². The van der Waals surface area contributed by atoms with Gasteiger partial charge in [-0.25, -0.2) is 0 Å². The first-order chi connectivity index (χ1) is 50.7. The van der Waals surface area contributed by atoms with Crippen molar-refractivity contribution in [1.29, 1.82) is 0 Å². The summed E-state index contributed by atoms with van der Waals surface area (Å²) in [7, 11) is 0. The number of hydrogen-bond acceptors (Lipinski definition) is 10. The number of unbranched alkanes of at least 4 members (excludes halogenated alkanes) is 10. The molecule has 14 aromatic rings. The topological polar surface area (TPSA) is 107 Å². The zero-order chi connectivity index (χ0) is 69.9. The molecule has 1 aliphatic carbocycles. The molecule has 4 heterocycles. The van der Waals surface area contributed by atoms with E-state index in [0.717, 1.165) is 78.7 Å². The van der Waals surface area contributed by atoms with Gasteiger partial charge in [0.2, 0.25) is 0 Å². The predicted octanol–water partition coefficient (Wildman–Crippen LogP) is 24.0. The Morgan fingerprint density at radius 3 is 0.883 bits per heavy atom. The molecule has 0 bridgehead atoms. The standard InChI is InChI=1S/C55H62O2.4C9H7NO.2Al/c1-5-7-9-11-13-15-33-55(34-16-14-12-10-8-6-2)53-35-39(3)49(45-21-17-41(18-22-45)43-25-29-47(56)30-26-43)37-51(53)52-38-50(40(4)36-54(52)55)46-23-19-42(20-24-46)44-27-31-48(57)32-28-44;4*11-8-5-1-3-7-4-2-6-10-9(7)8;;/h17-32,35-38,56-57H,5-16,33-34H2,1-4H3;4*1-6,11H;;/q;;;;;2*+3/p-6. The average Bonchev–Trinajstić information content (AvgIpc) is 1.55. The minimum Gasteiger partial charge on any atom is -0.577 e. The SMILES string of the molecule is CCCCCCCCC1(CCCCCCCC)c2cc(C)c(-c3ccc(-c4ccc([O][Al]([O]c5cccc6cccnc56)[O]c5cccc6cccnc56)cc4)cc3)cc2-c2cc(-c3ccc(-c4ccc([O][Al]([O]c5cccc6cccnc56)[O]c5cccc6cccnc56)cc4)cc3)c(C)cc21. The van der Waals surface area contributed by atoms with Crippen molar-refractivity contribution in [2.75, 3.05) is 0 Å². The molecule has 12 heteroatoms. The normalized spacial score (nSPS) is 12.1.